The molecule has 0 saturated carbocycles. The first-order valence-corrected chi connectivity index (χ1v) is 23.1. The van der Waals surface area contributed by atoms with Crippen LogP contribution in [0.2, 0.25) is 0 Å². The molecule has 0 amide bonds. The number of rotatable bonds is 6. The number of hydrogen-bond donors (Lipinski definition) is 0. The normalized spacial score (nSPS) is 12.1. The van der Waals surface area contributed by atoms with Crippen LogP contribution in [-0.2, 0) is 0 Å². The van der Waals surface area contributed by atoms with E-state index in [2.05, 4.69) is 180 Å². The van der Waals surface area contributed by atoms with Crippen LogP contribution in [0.15, 0.2) is 232 Å². The monoisotopic (exact) mass is 884 g/mol. The number of hydrogen-bond acceptors (Lipinski definition) is 7. The average molecular weight is 885 g/mol. The first-order valence-electron chi connectivity index (χ1n) is 23.1. The number of nitrogens with zero attached hydrogens (tertiary/aromatic N) is 4. The molecule has 5 aromatic heterocycles. The maximum absolute atomic E-state index is 6.92. The van der Waals surface area contributed by atoms with Gasteiger partial charge in [0.15, 0.2) is 5.58 Å². The molecule has 0 unspecified atom stereocenters. The summed E-state index contributed by atoms with van der Waals surface area (Å²) >= 11 is 0. The van der Waals surface area contributed by atoms with Crippen molar-refractivity contribution in [2.75, 3.05) is 9.80 Å². The highest BCUT2D eigenvalue weighted by Gasteiger charge is 2.24. The Morgan fingerprint density at radius 3 is 1.30 bits per heavy atom. The Hall–Kier alpha value is -9.46. The van der Waals surface area contributed by atoms with E-state index in [0.29, 0.717) is 17.0 Å². The Morgan fingerprint density at radius 1 is 0.275 bits per heavy atom. The fourth-order valence-electron chi connectivity index (χ4n) is 10.7. The van der Waals surface area contributed by atoms with E-state index in [1.165, 1.54) is 16.2 Å². The van der Waals surface area contributed by atoms with Gasteiger partial charge in [0.25, 0.3) is 0 Å². The summed E-state index contributed by atoms with van der Waals surface area (Å²) in [7, 11) is 0. The summed E-state index contributed by atoms with van der Waals surface area (Å²) in [6.45, 7) is 0. The minimum atomic E-state index is 0.646. The lowest BCUT2D eigenvalue weighted by Gasteiger charge is -2.27. The van der Waals surface area contributed by atoms with Gasteiger partial charge in [0.2, 0.25) is 0 Å². The third-order valence-electron chi connectivity index (χ3n) is 13.9. The second kappa shape index (κ2) is 14.5. The van der Waals surface area contributed by atoms with Crippen LogP contribution in [0.25, 0.3) is 109 Å². The third-order valence-corrected chi connectivity index (χ3v) is 13.9. The fourth-order valence-corrected chi connectivity index (χ4v) is 10.7. The molecule has 7 nitrogen and oxygen atoms in total. The van der Waals surface area contributed by atoms with E-state index in [-0.39, 0.29) is 0 Å². The highest BCUT2D eigenvalue weighted by molar-refractivity contribution is 6.17. The van der Waals surface area contributed by atoms with E-state index >= 15 is 0 Å². The molecular formula is C62H36N4O3. The van der Waals surface area contributed by atoms with Crippen LogP contribution in [0.4, 0.5) is 34.3 Å². The van der Waals surface area contributed by atoms with Gasteiger partial charge in [-0.25, -0.2) is 9.97 Å². The highest BCUT2D eigenvalue weighted by Crippen LogP contribution is 2.47. The smallest absolute Gasteiger partial charge is 0.156 e. The van der Waals surface area contributed by atoms with Crippen molar-refractivity contribution in [3.63, 3.8) is 0 Å². The van der Waals surface area contributed by atoms with Crippen LogP contribution in [0.5, 0.6) is 0 Å². The predicted octanol–water partition coefficient (Wildman–Crippen LogP) is 17.7. The van der Waals surface area contributed by atoms with Gasteiger partial charge in [0, 0.05) is 68.5 Å². The van der Waals surface area contributed by atoms with E-state index in [1.54, 1.807) is 0 Å². The molecule has 0 bridgehead atoms. The summed E-state index contributed by atoms with van der Waals surface area (Å²) in [4.78, 5) is 14.9. The third kappa shape index (κ3) is 5.74. The van der Waals surface area contributed by atoms with Gasteiger partial charge in [0.05, 0.1) is 34.3 Å². The standard InChI is InChI=1S/C62H36N4O3/c1-3-15-42-37(13-1)29-53(46-19-7-5-17-44(42)46)65(39-25-27-50-48-21-9-11-23-55(48)67-57(50)31-39)41-33-60-62(64-35-41)52-36-63-61(34-59(52)69-60)66(40-26-28-51-49-22-10-12-24-56(49)68-58(51)32-40)54-30-38-14-2-4-16-43(38)45-18-6-8-20-47(45)54/h1-36H. The van der Waals surface area contributed by atoms with Crippen molar-refractivity contribution in [2.24, 2.45) is 0 Å². The second-order valence-electron chi connectivity index (χ2n) is 17.7. The van der Waals surface area contributed by atoms with Crippen molar-refractivity contribution in [3.05, 3.63) is 219 Å². The summed E-state index contributed by atoms with van der Waals surface area (Å²) in [5.74, 6) is 0.695. The van der Waals surface area contributed by atoms with Crippen LogP contribution >= 0.6 is 0 Å². The van der Waals surface area contributed by atoms with Gasteiger partial charge in [-0.3, -0.25) is 4.90 Å². The number of anilines is 6. The molecule has 0 spiro atoms. The van der Waals surface area contributed by atoms with Crippen LogP contribution in [0, 0.1) is 0 Å². The van der Waals surface area contributed by atoms with Gasteiger partial charge < -0.3 is 18.2 Å². The number of aromatic nitrogens is 2. The van der Waals surface area contributed by atoms with Gasteiger partial charge in [-0.15, -0.1) is 0 Å². The van der Waals surface area contributed by atoms with E-state index < -0.39 is 0 Å². The largest absolute Gasteiger partial charge is 0.456 e. The summed E-state index contributed by atoms with van der Waals surface area (Å²) in [6.07, 6.45) is 3.83. The molecule has 0 aliphatic carbocycles. The Bertz CT molecular complexity index is 4310. The Balaban J connectivity index is 0.933. The number of para-hydroxylation sites is 2. The molecule has 15 rings (SSSR count). The lowest BCUT2D eigenvalue weighted by Crippen LogP contribution is -2.12. The van der Waals surface area contributed by atoms with Crippen LogP contribution in [-0.4, -0.2) is 9.97 Å². The van der Waals surface area contributed by atoms with Crippen molar-refractivity contribution < 1.29 is 13.3 Å². The molecular weight excluding hydrogens is 849 g/mol. The number of furan rings is 3. The molecule has 7 heteroatoms. The average Bonchev–Trinajstić information content (AvgIpc) is 4.09. The molecule has 0 fully saturated rings. The minimum absolute atomic E-state index is 0.646. The van der Waals surface area contributed by atoms with Gasteiger partial charge >= 0.3 is 0 Å². The summed E-state index contributed by atoms with van der Waals surface area (Å²) < 4.78 is 19.9. The van der Waals surface area contributed by atoms with Crippen LogP contribution in [0.3, 0.4) is 0 Å². The number of pyridine rings is 2. The molecule has 0 saturated heterocycles. The van der Waals surface area contributed by atoms with Gasteiger partial charge in [-0.1, -0.05) is 133 Å². The quantitative estimate of drug-likeness (QED) is 0.154. The fraction of sp³-hybridized carbons (Fsp3) is 0. The Labute approximate surface area is 393 Å². The van der Waals surface area contributed by atoms with E-state index in [9.17, 15) is 0 Å². The van der Waals surface area contributed by atoms with E-state index in [4.69, 9.17) is 23.2 Å². The molecule has 0 aliphatic rings. The molecule has 322 valence electrons. The minimum Gasteiger partial charge on any atom is -0.456 e. The Kier molecular flexibility index (Phi) is 7.94. The predicted molar refractivity (Wildman–Crippen MR) is 283 cm³/mol. The molecule has 0 radical (unpaired) electrons. The molecule has 0 N–H and O–H groups in total. The molecule has 10 aromatic carbocycles. The van der Waals surface area contributed by atoms with Crippen molar-refractivity contribution in [3.8, 4) is 0 Å². The number of fused-ring (bicyclic) bond motifs is 15. The molecule has 5 heterocycles. The summed E-state index contributed by atoms with van der Waals surface area (Å²) in [6, 6.07) is 72.2. The topological polar surface area (TPSA) is 71.7 Å². The first kappa shape index (κ1) is 37.7. The van der Waals surface area contributed by atoms with Crippen LogP contribution < -0.4 is 9.80 Å². The number of benzene rings is 10. The van der Waals surface area contributed by atoms with Crippen molar-refractivity contribution >= 4 is 143 Å². The molecule has 0 atom stereocenters. The van der Waals surface area contributed by atoms with Crippen molar-refractivity contribution in [2.45, 2.75) is 0 Å². The molecule has 69 heavy (non-hydrogen) atoms. The Morgan fingerprint density at radius 2 is 0.710 bits per heavy atom. The zero-order valence-electron chi connectivity index (χ0n) is 36.8. The maximum atomic E-state index is 6.92. The molecule has 15 aromatic rings. The summed E-state index contributed by atoms with van der Waals surface area (Å²) in [5.41, 5.74) is 10.0. The van der Waals surface area contributed by atoms with Crippen molar-refractivity contribution in [1.29, 1.82) is 0 Å². The van der Waals surface area contributed by atoms with Gasteiger partial charge in [0.1, 0.15) is 39.2 Å². The van der Waals surface area contributed by atoms with Crippen molar-refractivity contribution in [1.82, 2.24) is 9.97 Å². The molecule has 0 aliphatic heterocycles. The second-order valence-corrected chi connectivity index (χ2v) is 17.7. The zero-order valence-corrected chi connectivity index (χ0v) is 36.8. The van der Waals surface area contributed by atoms with Crippen LogP contribution in [0.1, 0.15) is 0 Å². The van der Waals surface area contributed by atoms with E-state index in [1.807, 2.05) is 48.8 Å². The SMILES string of the molecule is c1ccc2c(c1)cc(N(c1ccc3c(c1)oc1ccccc13)c1cnc3c(c1)oc1cc(N(c4ccc5c(c4)oc4ccccc45)c4cc5ccccc5c5ccccc45)ncc13)c1ccccc12. The lowest BCUT2D eigenvalue weighted by molar-refractivity contribution is 0.668. The summed E-state index contributed by atoms with van der Waals surface area (Å²) in [5, 5.41) is 14.3. The highest BCUT2D eigenvalue weighted by atomic mass is 16.3. The van der Waals surface area contributed by atoms with Gasteiger partial charge in [-0.2, -0.15) is 0 Å². The lowest BCUT2D eigenvalue weighted by atomic mass is 9.99. The van der Waals surface area contributed by atoms with Gasteiger partial charge in [-0.05, 0) is 80.8 Å². The maximum Gasteiger partial charge on any atom is 0.156 e. The van der Waals surface area contributed by atoms with E-state index in [0.717, 1.165) is 110 Å². The zero-order chi connectivity index (χ0) is 45.2. The first-order chi connectivity index (χ1) is 34.2.